The van der Waals surface area contributed by atoms with Gasteiger partial charge in [0, 0.05) is 12.6 Å². The lowest BCUT2D eigenvalue weighted by Crippen LogP contribution is -2.27. The van der Waals surface area contributed by atoms with Crippen molar-refractivity contribution in [3.05, 3.63) is 24.0 Å². The Morgan fingerprint density at radius 2 is 2.25 bits per heavy atom. The standard InChI is InChI=1S/C12H14FN3/c13-9-2-5-12(11(15)8-9)16(7-1-6-14)10-3-4-10/h2,5,8,10H,1,3-4,7,15H2. The summed E-state index contributed by atoms with van der Waals surface area (Å²) in [5, 5.41) is 8.61. The van der Waals surface area contributed by atoms with Crippen molar-refractivity contribution in [1.29, 1.82) is 5.26 Å². The smallest absolute Gasteiger partial charge is 0.125 e. The van der Waals surface area contributed by atoms with E-state index in [0.717, 1.165) is 18.5 Å². The second-order valence-electron chi connectivity index (χ2n) is 4.04. The topological polar surface area (TPSA) is 53.0 Å². The molecule has 0 radical (unpaired) electrons. The van der Waals surface area contributed by atoms with Gasteiger partial charge in [0.25, 0.3) is 0 Å². The van der Waals surface area contributed by atoms with E-state index in [1.165, 1.54) is 12.1 Å². The zero-order chi connectivity index (χ0) is 11.5. The number of nitriles is 1. The number of halogens is 1. The van der Waals surface area contributed by atoms with Crippen LogP contribution in [0.2, 0.25) is 0 Å². The minimum absolute atomic E-state index is 0.322. The van der Waals surface area contributed by atoms with Crippen molar-refractivity contribution in [3.8, 4) is 6.07 Å². The van der Waals surface area contributed by atoms with Gasteiger partial charge in [-0.3, -0.25) is 0 Å². The molecular weight excluding hydrogens is 205 g/mol. The highest BCUT2D eigenvalue weighted by atomic mass is 19.1. The predicted octanol–water partition coefficient (Wildman–Crippen LogP) is 2.29. The van der Waals surface area contributed by atoms with E-state index in [1.807, 2.05) is 0 Å². The third kappa shape index (κ3) is 2.25. The number of nitrogen functional groups attached to an aromatic ring is 1. The van der Waals surface area contributed by atoms with E-state index >= 15 is 0 Å². The molecule has 0 aromatic heterocycles. The third-order valence-corrected chi connectivity index (χ3v) is 2.75. The molecule has 1 saturated carbocycles. The van der Waals surface area contributed by atoms with Crippen molar-refractivity contribution in [2.75, 3.05) is 17.2 Å². The van der Waals surface area contributed by atoms with Crippen LogP contribution in [0.3, 0.4) is 0 Å². The van der Waals surface area contributed by atoms with Crippen LogP contribution in [-0.4, -0.2) is 12.6 Å². The summed E-state index contributed by atoms with van der Waals surface area (Å²) in [4.78, 5) is 2.11. The van der Waals surface area contributed by atoms with Crippen LogP contribution in [0, 0.1) is 17.1 Å². The Balaban J connectivity index is 2.21. The number of rotatable bonds is 4. The summed E-state index contributed by atoms with van der Waals surface area (Å²) in [7, 11) is 0. The molecule has 0 spiro atoms. The second-order valence-corrected chi connectivity index (χ2v) is 4.04. The highest BCUT2D eigenvalue weighted by molar-refractivity contribution is 5.68. The molecule has 16 heavy (non-hydrogen) atoms. The molecule has 0 aliphatic heterocycles. The van der Waals surface area contributed by atoms with Crippen molar-refractivity contribution in [2.45, 2.75) is 25.3 Å². The molecule has 0 bridgehead atoms. The Labute approximate surface area is 94.3 Å². The van der Waals surface area contributed by atoms with E-state index in [4.69, 9.17) is 11.0 Å². The van der Waals surface area contributed by atoms with Gasteiger partial charge in [-0.2, -0.15) is 5.26 Å². The van der Waals surface area contributed by atoms with Gasteiger partial charge in [-0.05, 0) is 31.0 Å². The number of hydrogen-bond donors (Lipinski definition) is 1. The first-order chi connectivity index (χ1) is 7.72. The van der Waals surface area contributed by atoms with E-state index in [2.05, 4.69) is 11.0 Å². The van der Waals surface area contributed by atoms with Crippen molar-refractivity contribution >= 4 is 11.4 Å². The van der Waals surface area contributed by atoms with Gasteiger partial charge < -0.3 is 10.6 Å². The minimum atomic E-state index is -0.322. The van der Waals surface area contributed by atoms with Crippen molar-refractivity contribution in [3.63, 3.8) is 0 Å². The molecule has 0 saturated heterocycles. The Kier molecular flexibility index (Phi) is 2.95. The normalized spacial score (nSPS) is 14.5. The maximum Gasteiger partial charge on any atom is 0.125 e. The van der Waals surface area contributed by atoms with Crippen LogP contribution in [0.15, 0.2) is 18.2 Å². The first-order valence-electron chi connectivity index (χ1n) is 5.41. The van der Waals surface area contributed by atoms with Gasteiger partial charge in [-0.15, -0.1) is 0 Å². The fraction of sp³-hybridized carbons (Fsp3) is 0.417. The van der Waals surface area contributed by atoms with E-state index in [0.29, 0.717) is 24.7 Å². The van der Waals surface area contributed by atoms with E-state index in [1.54, 1.807) is 6.07 Å². The summed E-state index contributed by atoms with van der Waals surface area (Å²) in [5.41, 5.74) is 7.09. The molecule has 2 rings (SSSR count). The highest BCUT2D eigenvalue weighted by Gasteiger charge is 2.29. The molecule has 1 fully saturated rings. The van der Waals surface area contributed by atoms with E-state index in [9.17, 15) is 4.39 Å². The summed E-state index contributed by atoms with van der Waals surface area (Å²) in [6.07, 6.45) is 2.72. The molecule has 3 nitrogen and oxygen atoms in total. The lowest BCUT2D eigenvalue weighted by Gasteiger charge is -2.25. The highest BCUT2D eigenvalue weighted by Crippen LogP contribution is 2.34. The van der Waals surface area contributed by atoms with Gasteiger partial charge in [0.15, 0.2) is 0 Å². The maximum atomic E-state index is 12.9. The second kappa shape index (κ2) is 4.40. The van der Waals surface area contributed by atoms with Gasteiger partial charge in [0.05, 0.1) is 23.9 Å². The monoisotopic (exact) mass is 219 g/mol. The molecule has 0 unspecified atom stereocenters. The number of nitrogens with two attached hydrogens (primary N) is 1. The predicted molar refractivity (Wildman–Crippen MR) is 61.4 cm³/mol. The molecule has 0 atom stereocenters. The molecule has 0 amide bonds. The Morgan fingerprint density at radius 1 is 1.50 bits per heavy atom. The lowest BCUT2D eigenvalue weighted by atomic mass is 10.2. The Morgan fingerprint density at radius 3 is 2.81 bits per heavy atom. The maximum absolute atomic E-state index is 12.9. The van der Waals surface area contributed by atoms with Crippen LogP contribution in [0.5, 0.6) is 0 Å². The summed E-state index contributed by atoms with van der Waals surface area (Å²) < 4.78 is 12.9. The number of hydrogen-bond acceptors (Lipinski definition) is 3. The Bertz CT molecular complexity index is 421. The zero-order valence-electron chi connectivity index (χ0n) is 8.99. The molecule has 1 aromatic rings. The van der Waals surface area contributed by atoms with Crippen LogP contribution in [0.4, 0.5) is 15.8 Å². The number of nitrogens with zero attached hydrogens (tertiary/aromatic N) is 2. The zero-order valence-corrected chi connectivity index (χ0v) is 8.99. The quantitative estimate of drug-likeness (QED) is 0.790. The first-order valence-corrected chi connectivity index (χ1v) is 5.41. The van der Waals surface area contributed by atoms with Gasteiger partial charge in [-0.1, -0.05) is 0 Å². The first kappa shape index (κ1) is 10.7. The van der Waals surface area contributed by atoms with Crippen LogP contribution in [0.25, 0.3) is 0 Å². The van der Waals surface area contributed by atoms with E-state index < -0.39 is 0 Å². The average molecular weight is 219 g/mol. The number of benzene rings is 1. The molecule has 1 aliphatic rings. The minimum Gasteiger partial charge on any atom is -0.397 e. The Hall–Kier alpha value is -1.76. The van der Waals surface area contributed by atoms with Crippen molar-refractivity contribution in [2.24, 2.45) is 0 Å². The van der Waals surface area contributed by atoms with Crippen LogP contribution >= 0.6 is 0 Å². The summed E-state index contributed by atoms with van der Waals surface area (Å²) >= 11 is 0. The molecule has 4 heteroatoms. The average Bonchev–Trinajstić information content (AvgIpc) is 3.05. The van der Waals surface area contributed by atoms with Gasteiger partial charge in [0.1, 0.15) is 5.82 Å². The van der Waals surface area contributed by atoms with Crippen molar-refractivity contribution in [1.82, 2.24) is 0 Å². The summed E-state index contributed by atoms with van der Waals surface area (Å²) in [5.74, 6) is -0.322. The van der Waals surface area contributed by atoms with Crippen LogP contribution in [0.1, 0.15) is 19.3 Å². The number of anilines is 2. The molecular formula is C12H14FN3. The molecule has 1 aliphatic carbocycles. The van der Waals surface area contributed by atoms with Crippen LogP contribution < -0.4 is 10.6 Å². The summed E-state index contributed by atoms with van der Waals surface area (Å²) in [6.45, 7) is 0.664. The van der Waals surface area contributed by atoms with Crippen molar-refractivity contribution < 1.29 is 4.39 Å². The van der Waals surface area contributed by atoms with E-state index in [-0.39, 0.29) is 5.82 Å². The molecule has 84 valence electrons. The SMILES string of the molecule is N#CCCN(c1ccc(F)cc1N)C1CC1. The fourth-order valence-corrected chi connectivity index (χ4v) is 1.84. The molecule has 2 N–H and O–H groups in total. The molecule has 1 aromatic carbocycles. The summed E-state index contributed by atoms with van der Waals surface area (Å²) in [6, 6.07) is 7.03. The van der Waals surface area contributed by atoms with Gasteiger partial charge >= 0.3 is 0 Å². The van der Waals surface area contributed by atoms with Gasteiger partial charge in [0.2, 0.25) is 0 Å². The van der Waals surface area contributed by atoms with Gasteiger partial charge in [-0.25, -0.2) is 4.39 Å². The largest absolute Gasteiger partial charge is 0.397 e. The molecule has 0 heterocycles. The fourth-order valence-electron chi connectivity index (χ4n) is 1.84. The third-order valence-electron chi connectivity index (χ3n) is 2.75. The van der Waals surface area contributed by atoms with Crippen LogP contribution in [-0.2, 0) is 0 Å². The lowest BCUT2D eigenvalue weighted by molar-refractivity contribution is 0.628.